The van der Waals surface area contributed by atoms with Crippen molar-refractivity contribution in [3.8, 4) is 0 Å². The molecule has 0 aromatic rings. The molecule has 0 bridgehead atoms. The highest BCUT2D eigenvalue weighted by molar-refractivity contribution is 5.69. The highest BCUT2D eigenvalue weighted by Crippen LogP contribution is 2.27. The van der Waals surface area contributed by atoms with E-state index in [9.17, 15) is 4.79 Å². The van der Waals surface area contributed by atoms with Crippen molar-refractivity contribution in [3.05, 3.63) is 0 Å². The van der Waals surface area contributed by atoms with E-state index in [0.717, 1.165) is 12.3 Å². The largest absolute Gasteiger partial charge is 0.463 e. The van der Waals surface area contributed by atoms with E-state index in [1.165, 1.54) is 38.5 Å². The first kappa shape index (κ1) is 13.5. The maximum atomic E-state index is 11.3. The van der Waals surface area contributed by atoms with Crippen molar-refractivity contribution in [2.24, 2.45) is 5.92 Å². The van der Waals surface area contributed by atoms with Gasteiger partial charge in [0.1, 0.15) is 6.61 Å². The molecule has 0 saturated heterocycles. The molecule has 0 atom stereocenters. The molecule has 1 fully saturated rings. The van der Waals surface area contributed by atoms with E-state index in [-0.39, 0.29) is 5.97 Å². The molecule has 0 heterocycles. The van der Waals surface area contributed by atoms with Gasteiger partial charge in [0, 0.05) is 13.5 Å². The summed E-state index contributed by atoms with van der Waals surface area (Å²) >= 11 is 0. The summed E-state index contributed by atoms with van der Waals surface area (Å²) < 4.78 is 9.82. The Morgan fingerprint density at radius 3 is 2.62 bits per heavy atom. The lowest BCUT2D eigenvalue weighted by Gasteiger charge is -2.20. The second kappa shape index (κ2) is 8.57. The minimum absolute atomic E-state index is 0.0761. The van der Waals surface area contributed by atoms with Crippen LogP contribution in [0, 0.1) is 5.92 Å². The van der Waals surface area contributed by atoms with Crippen molar-refractivity contribution in [2.45, 2.75) is 51.4 Å². The minimum atomic E-state index is -0.0761. The van der Waals surface area contributed by atoms with E-state index in [4.69, 9.17) is 9.47 Å². The molecule has 0 amide bonds. The van der Waals surface area contributed by atoms with Crippen molar-refractivity contribution >= 4 is 5.97 Å². The third kappa shape index (κ3) is 6.11. The Morgan fingerprint density at radius 1 is 1.19 bits per heavy atom. The number of carbonyl (C=O) groups excluding carboxylic acids is 1. The Kier molecular flexibility index (Phi) is 7.23. The molecule has 94 valence electrons. The zero-order valence-corrected chi connectivity index (χ0v) is 10.4. The summed E-state index contributed by atoms with van der Waals surface area (Å²) in [6.07, 6.45) is 9.62. The van der Waals surface area contributed by atoms with Gasteiger partial charge >= 0.3 is 5.97 Å². The van der Waals surface area contributed by atoms with Gasteiger partial charge in [0.2, 0.25) is 0 Å². The van der Waals surface area contributed by atoms with Crippen molar-refractivity contribution in [2.75, 3.05) is 20.3 Å². The van der Waals surface area contributed by atoms with Crippen molar-refractivity contribution in [3.63, 3.8) is 0 Å². The topological polar surface area (TPSA) is 35.5 Å². The monoisotopic (exact) mass is 228 g/mol. The third-order valence-corrected chi connectivity index (χ3v) is 3.27. The molecule has 0 aromatic carbocycles. The molecule has 3 heteroatoms. The van der Waals surface area contributed by atoms with Crippen LogP contribution in [-0.2, 0) is 14.3 Å². The molecule has 3 nitrogen and oxygen atoms in total. The summed E-state index contributed by atoms with van der Waals surface area (Å²) in [7, 11) is 1.61. The first-order chi connectivity index (χ1) is 7.83. The minimum Gasteiger partial charge on any atom is -0.463 e. The Morgan fingerprint density at radius 2 is 1.94 bits per heavy atom. The second-order valence-corrected chi connectivity index (χ2v) is 4.61. The molecule has 1 aliphatic carbocycles. The summed E-state index contributed by atoms with van der Waals surface area (Å²) in [5.74, 6) is 0.786. The lowest BCUT2D eigenvalue weighted by Crippen LogP contribution is -2.11. The molecule has 0 spiro atoms. The summed E-state index contributed by atoms with van der Waals surface area (Å²) in [5, 5.41) is 0. The fourth-order valence-electron chi connectivity index (χ4n) is 2.32. The van der Waals surface area contributed by atoms with Crippen LogP contribution in [0.5, 0.6) is 0 Å². The molecule has 0 aromatic heterocycles. The zero-order valence-electron chi connectivity index (χ0n) is 10.4. The van der Waals surface area contributed by atoms with Gasteiger partial charge in [0.05, 0.1) is 6.61 Å². The Bertz CT molecular complexity index is 186. The second-order valence-electron chi connectivity index (χ2n) is 4.61. The first-order valence-electron chi connectivity index (χ1n) is 6.47. The number of hydrogen-bond acceptors (Lipinski definition) is 3. The molecule has 1 rings (SSSR count). The van der Waals surface area contributed by atoms with Gasteiger partial charge in [-0.05, 0) is 18.8 Å². The van der Waals surface area contributed by atoms with Crippen LogP contribution in [0.3, 0.4) is 0 Å². The first-order valence-corrected chi connectivity index (χ1v) is 6.47. The lowest BCUT2D eigenvalue weighted by molar-refractivity contribution is -0.145. The van der Waals surface area contributed by atoms with Gasteiger partial charge in [-0.3, -0.25) is 4.79 Å². The van der Waals surface area contributed by atoms with Crippen molar-refractivity contribution < 1.29 is 14.3 Å². The predicted octanol–water partition coefficient (Wildman–Crippen LogP) is 2.93. The molecule has 0 radical (unpaired) electrons. The summed E-state index contributed by atoms with van der Waals surface area (Å²) in [6, 6.07) is 0. The Hall–Kier alpha value is -0.570. The SMILES string of the molecule is COCCOC(=O)CCCC1CCCCC1. The van der Waals surface area contributed by atoms with Crippen LogP contribution in [0.2, 0.25) is 0 Å². The molecular formula is C13H24O3. The molecule has 0 N–H and O–H groups in total. The Balaban J connectivity index is 1.94. The van der Waals surface area contributed by atoms with Crippen LogP contribution in [0.4, 0.5) is 0 Å². The molecule has 16 heavy (non-hydrogen) atoms. The molecule has 1 saturated carbocycles. The number of carbonyl (C=O) groups is 1. The van der Waals surface area contributed by atoms with Gasteiger partial charge in [-0.2, -0.15) is 0 Å². The van der Waals surface area contributed by atoms with Gasteiger partial charge in [-0.15, -0.1) is 0 Å². The average molecular weight is 228 g/mol. The predicted molar refractivity (Wildman–Crippen MR) is 63.3 cm³/mol. The van der Waals surface area contributed by atoms with Crippen LogP contribution in [0.15, 0.2) is 0 Å². The molecule has 0 unspecified atom stereocenters. The van der Waals surface area contributed by atoms with Gasteiger partial charge < -0.3 is 9.47 Å². The van der Waals surface area contributed by atoms with Crippen molar-refractivity contribution in [1.82, 2.24) is 0 Å². The van der Waals surface area contributed by atoms with Crippen molar-refractivity contribution in [1.29, 1.82) is 0 Å². The number of rotatable bonds is 7. The molecule has 0 aliphatic heterocycles. The number of ether oxygens (including phenoxy) is 2. The van der Waals surface area contributed by atoms with Gasteiger partial charge in [0.25, 0.3) is 0 Å². The summed E-state index contributed by atoms with van der Waals surface area (Å²) in [4.78, 5) is 11.3. The number of esters is 1. The van der Waals surface area contributed by atoms with Crippen LogP contribution in [0.1, 0.15) is 51.4 Å². The smallest absolute Gasteiger partial charge is 0.305 e. The highest BCUT2D eigenvalue weighted by Gasteiger charge is 2.13. The normalized spacial score (nSPS) is 17.3. The number of hydrogen-bond donors (Lipinski definition) is 0. The van der Waals surface area contributed by atoms with Gasteiger partial charge in [0.15, 0.2) is 0 Å². The fraction of sp³-hybridized carbons (Fsp3) is 0.923. The standard InChI is InChI=1S/C13H24O3/c1-15-10-11-16-13(14)9-5-8-12-6-3-2-4-7-12/h12H,2-11H2,1H3. The summed E-state index contributed by atoms with van der Waals surface area (Å²) in [5.41, 5.74) is 0. The lowest BCUT2D eigenvalue weighted by atomic mass is 9.86. The maximum Gasteiger partial charge on any atom is 0.305 e. The third-order valence-electron chi connectivity index (χ3n) is 3.27. The van der Waals surface area contributed by atoms with Crippen LogP contribution >= 0.6 is 0 Å². The summed E-state index contributed by atoms with van der Waals surface area (Å²) in [6.45, 7) is 0.882. The van der Waals surface area contributed by atoms with E-state index < -0.39 is 0 Å². The number of methoxy groups -OCH3 is 1. The quantitative estimate of drug-likeness (QED) is 0.496. The van der Waals surface area contributed by atoms with E-state index in [1.54, 1.807) is 7.11 Å². The zero-order chi connectivity index (χ0) is 11.6. The van der Waals surface area contributed by atoms with Crippen LogP contribution < -0.4 is 0 Å². The van der Waals surface area contributed by atoms with Gasteiger partial charge in [-0.1, -0.05) is 32.1 Å². The fourth-order valence-corrected chi connectivity index (χ4v) is 2.32. The van der Waals surface area contributed by atoms with E-state index in [2.05, 4.69) is 0 Å². The molecular weight excluding hydrogens is 204 g/mol. The average Bonchev–Trinajstić information content (AvgIpc) is 2.31. The van der Waals surface area contributed by atoms with Crippen LogP contribution in [-0.4, -0.2) is 26.3 Å². The van der Waals surface area contributed by atoms with Crippen LogP contribution in [0.25, 0.3) is 0 Å². The van der Waals surface area contributed by atoms with E-state index in [1.807, 2.05) is 0 Å². The maximum absolute atomic E-state index is 11.3. The molecule has 1 aliphatic rings. The van der Waals surface area contributed by atoms with Gasteiger partial charge in [-0.25, -0.2) is 0 Å². The van der Waals surface area contributed by atoms with E-state index in [0.29, 0.717) is 19.6 Å². The Labute approximate surface area is 98.5 Å². The highest BCUT2D eigenvalue weighted by atomic mass is 16.6. The van der Waals surface area contributed by atoms with E-state index >= 15 is 0 Å².